The topological polar surface area (TPSA) is 21.3 Å². The minimum atomic E-state index is 0.464. The van der Waals surface area contributed by atoms with E-state index in [4.69, 9.17) is 4.74 Å². The second-order valence-electron chi connectivity index (χ2n) is 4.43. The van der Waals surface area contributed by atoms with E-state index in [1.165, 1.54) is 25.7 Å². The molecule has 0 spiro atoms. The molecule has 0 aromatic carbocycles. The third kappa shape index (κ3) is 3.58. The van der Waals surface area contributed by atoms with Gasteiger partial charge in [-0.25, -0.2) is 0 Å². The van der Waals surface area contributed by atoms with Gasteiger partial charge in [-0.05, 0) is 45.1 Å². The summed E-state index contributed by atoms with van der Waals surface area (Å²) in [5, 5.41) is 3.65. The van der Waals surface area contributed by atoms with Gasteiger partial charge in [0.1, 0.15) is 0 Å². The monoisotopic (exact) mass is 199 g/mol. The lowest BCUT2D eigenvalue weighted by molar-refractivity contribution is -0.00659. The summed E-state index contributed by atoms with van der Waals surface area (Å²) >= 11 is 0. The normalized spacial score (nSPS) is 30.2. The van der Waals surface area contributed by atoms with Gasteiger partial charge in [0.2, 0.25) is 0 Å². The molecule has 2 nitrogen and oxygen atoms in total. The van der Waals surface area contributed by atoms with Crippen LogP contribution in [0.2, 0.25) is 0 Å². The summed E-state index contributed by atoms with van der Waals surface area (Å²) < 4.78 is 5.58. The molecule has 84 valence electrons. The Balaban J connectivity index is 2.34. The highest BCUT2D eigenvalue weighted by atomic mass is 16.5. The molecule has 1 aliphatic heterocycles. The van der Waals surface area contributed by atoms with Crippen LogP contribution in [0.3, 0.4) is 0 Å². The van der Waals surface area contributed by atoms with Crippen LogP contribution in [0, 0.1) is 5.92 Å². The highest BCUT2D eigenvalue weighted by Crippen LogP contribution is 2.24. The summed E-state index contributed by atoms with van der Waals surface area (Å²) in [6.45, 7) is 8.82. The molecule has 2 heteroatoms. The third-order valence-electron chi connectivity index (χ3n) is 3.19. The minimum absolute atomic E-state index is 0.464. The molecule has 1 aliphatic rings. The molecule has 0 saturated carbocycles. The SMILES string of the molecule is CCCNC(CC)C1CCOC(C)C1. The van der Waals surface area contributed by atoms with Crippen molar-refractivity contribution >= 4 is 0 Å². The van der Waals surface area contributed by atoms with Crippen molar-refractivity contribution in [3.05, 3.63) is 0 Å². The van der Waals surface area contributed by atoms with Gasteiger partial charge >= 0.3 is 0 Å². The van der Waals surface area contributed by atoms with Gasteiger partial charge in [0, 0.05) is 12.6 Å². The lowest BCUT2D eigenvalue weighted by Gasteiger charge is -2.33. The van der Waals surface area contributed by atoms with Gasteiger partial charge in [-0.15, -0.1) is 0 Å². The molecule has 3 atom stereocenters. The second-order valence-corrected chi connectivity index (χ2v) is 4.43. The van der Waals surface area contributed by atoms with Crippen molar-refractivity contribution in [2.75, 3.05) is 13.2 Å². The summed E-state index contributed by atoms with van der Waals surface area (Å²) in [7, 11) is 0. The lowest BCUT2D eigenvalue weighted by atomic mass is 9.87. The van der Waals surface area contributed by atoms with Crippen molar-refractivity contribution in [1.29, 1.82) is 0 Å². The van der Waals surface area contributed by atoms with E-state index in [-0.39, 0.29) is 0 Å². The van der Waals surface area contributed by atoms with Crippen LogP contribution in [0.15, 0.2) is 0 Å². The number of hydrogen-bond acceptors (Lipinski definition) is 2. The fourth-order valence-electron chi connectivity index (χ4n) is 2.37. The molecule has 1 saturated heterocycles. The van der Waals surface area contributed by atoms with E-state index in [0.29, 0.717) is 12.1 Å². The molecule has 1 fully saturated rings. The molecule has 1 N–H and O–H groups in total. The molecule has 0 bridgehead atoms. The van der Waals surface area contributed by atoms with E-state index in [1.54, 1.807) is 0 Å². The summed E-state index contributed by atoms with van der Waals surface area (Å²) in [4.78, 5) is 0. The summed E-state index contributed by atoms with van der Waals surface area (Å²) in [5.41, 5.74) is 0. The second kappa shape index (κ2) is 6.41. The fourth-order valence-corrected chi connectivity index (χ4v) is 2.37. The van der Waals surface area contributed by atoms with E-state index < -0.39 is 0 Å². The Morgan fingerprint density at radius 3 is 2.79 bits per heavy atom. The molecule has 1 rings (SSSR count). The quantitative estimate of drug-likeness (QED) is 0.735. The number of rotatable bonds is 5. The van der Waals surface area contributed by atoms with Gasteiger partial charge in [0.15, 0.2) is 0 Å². The first kappa shape index (κ1) is 12.0. The minimum Gasteiger partial charge on any atom is -0.378 e. The standard InChI is InChI=1S/C12H25NO/c1-4-7-13-12(5-2)11-6-8-14-10(3)9-11/h10-13H,4-9H2,1-3H3. The van der Waals surface area contributed by atoms with Crippen LogP contribution in [0.5, 0.6) is 0 Å². The van der Waals surface area contributed by atoms with Crippen LogP contribution < -0.4 is 5.32 Å². The van der Waals surface area contributed by atoms with E-state index in [9.17, 15) is 0 Å². The molecular weight excluding hydrogens is 174 g/mol. The first-order valence-electron chi connectivity index (χ1n) is 6.12. The molecule has 0 aromatic heterocycles. The molecule has 14 heavy (non-hydrogen) atoms. The van der Waals surface area contributed by atoms with Crippen LogP contribution in [-0.4, -0.2) is 25.3 Å². The largest absolute Gasteiger partial charge is 0.378 e. The summed E-state index contributed by atoms with van der Waals surface area (Å²) in [5.74, 6) is 0.829. The Morgan fingerprint density at radius 2 is 2.21 bits per heavy atom. The molecule has 0 amide bonds. The number of ether oxygens (including phenoxy) is 1. The van der Waals surface area contributed by atoms with Gasteiger partial charge in [0.05, 0.1) is 6.10 Å². The van der Waals surface area contributed by atoms with Gasteiger partial charge in [-0.2, -0.15) is 0 Å². The highest BCUT2D eigenvalue weighted by molar-refractivity contribution is 4.79. The predicted octanol–water partition coefficient (Wildman–Crippen LogP) is 2.58. The van der Waals surface area contributed by atoms with Crippen LogP contribution in [0.4, 0.5) is 0 Å². The maximum Gasteiger partial charge on any atom is 0.0550 e. The van der Waals surface area contributed by atoms with Gasteiger partial charge in [0.25, 0.3) is 0 Å². The molecule has 0 aliphatic carbocycles. The maximum atomic E-state index is 5.58. The van der Waals surface area contributed by atoms with Crippen molar-refractivity contribution in [3.63, 3.8) is 0 Å². The molecule has 3 unspecified atom stereocenters. The first-order valence-corrected chi connectivity index (χ1v) is 6.12. The molecule has 0 aromatic rings. The van der Waals surface area contributed by atoms with Crippen molar-refractivity contribution < 1.29 is 4.74 Å². The zero-order valence-corrected chi connectivity index (χ0v) is 9.88. The Hall–Kier alpha value is -0.0800. The molecule has 0 radical (unpaired) electrons. The highest BCUT2D eigenvalue weighted by Gasteiger charge is 2.25. The molecule has 1 heterocycles. The third-order valence-corrected chi connectivity index (χ3v) is 3.19. The average Bonchev–Trinajstić information content (AvgIpc) is 2.19. The number of nitrogens with one attached hydrogen (secondary N) is 1. The molecular formula is C12H25NO. The lowest BCUT2D eigenvalue weighted by Crippen LogP contribution is -2.40. The van der Waals surface area contributed by atoms with Gasteiger partial charge in [-0.1, -0.05) is 13.8 Å². The van der Waals surface area contributed by atoms with Crippen LogP contribution >= 0.6 is 0 Å². The van der Waals surface area contributed by atoms with E-state index in [0.717, 1.165) is 19.1 Å². The maximum absolute atomic E-state index is 5.58. The zero-order valence-electron chi connectivity index (χ0n) is 9.88. The Morgan fingerprint density at radius 1 is 1.43 bits per heavy atom. The smallest absolute Gasteiger partial charge is 0.0550 e. The van der Waals surface area contributed by atoms with Crippen LogP contribution in [0.1, 0.15) is 46.5 Å². The van der Waals surface area contributed by atoms with Crippen molar-refractivity contribution in [1.82, 2.24) is 5.32 Å². The Kier molecular flexibility index (Phi) is 5.49. The van der Waals surface area contributed by atoms with E-state index >= 15 is 0 Å². The average molecular weight is 199 g/mol. The van der Waals surface area contributed by atoms with Crippen molar-refractivity contribution in [2.24, 2.45) is 5.92 Å². The Bertz CT molecular complexity index is 149. The zero-order chi connectivity index (χ0) is 10.4. The van der Waals surface area contributed by atoms with Crippen molar-refractivity contribution in [3.8, 4) is 0 Å². The van der Waals surface area contributed by atoms with Gasteiger partial charge in [-0.3, -0.25) is 0 Å². The van der Waals surface area contributed by atoms with Crippen LogP contribution in [0.25, 0.3) is 0 Å². The van der Waals surface area contributed by atoms with Crippen molar-refractivity contribution in [2.45, 2.75) is 58.6 Å². The Labute approximate surface area is 88.4 Å². The van der Waals surface area contributed by atoms with E-state index in [1.807, 2.05) is 0 Å². The number of hydrogen-bond donors (Lipinski definition) is 1. The van der Waals surface area contributed by atoms with E-state index in [2.05, 4.69) is 26.1 Å². The predicted molar refractivity (Wildman–Crippen MR) is 60.5 cm³/mol. The summed E-state index contributed by atoms with van der Waals surface area (Å²) in [6, 6.07) is 0.710. The van der Waals surface area contributed by atoms with Crippen LogP contribution in [-0.2, 0) is 4.74 Å². The van der Waals surface area contributed by atoms with Gasteiger partial charge < -0.3 is 10.1 Å². The fraction of sp³-hybridized carbons (Fsp3) is 1.00. The summed E-state index contributed by atoms with van der Waals surface area (Å²) in [6.07, 6.45) is 5.41. The first-order chi connectivity index (χ1) is 6.77.